The molecule has 0 fully saturated rings. The van der Waals surface area contributed by atoms with Gasteiger partial charge in [-0.05, 0) is 18.2 Å². The lowest BCUT2D eigenvalue weighted by atomic mass is 10.2. The van der Waals surface area contributed by atoms with Crippen molar-refractivity contribution in [2.45, 2.75) is 0 Å². The van der Waals surface area contributed by atoms with Crippen LogP contribution in [0.15, 0.2) is 18.2 Å². The van der Waals surface area contributed by atoms with E-state index in [4.69, 9.17) is 5.26 Å². The monoisotopic (exact) mass is 182 g/mol. The number of hydrogen-bond donors (Lipinski definition) is 1. The van der Waals surface area contributed by atoms with Crippen LogP contribution in [0.25, 0.3) is 0 Å². The maximum Gasteiger partial charge on any atom is 0.267 e. The van der Waals surface area contributed by atoms with Gasteiger partial charge in [-0.15, -0.1) is 0 Å². The molecule has 5 heteroatoms. The molecule has 1 aromatic carbocycles. The van der Waals surface area contributed by atoms with Crippen molar-refractivity contribution < 1.29 is 13.6 Å². The van der Waals surface area contributed by atoms with Gasteiger partial charge in [0, 0.05) is 0 Å². The molecule has 0 saturated heterocycles. The summed E-state index contributed by atoms with van der Waals surface area (Å²) in [5.41, 5.74) is -0.485. The lowest BCUT2D eigenvalue weighted by Crippen LogP contribution is -2.18. The standard InChI is InChI=1S/C8H4F2N2O/c9-5-1-2-7(10)6(3-5)8(13)12-4-11/h1-3H,(H,12,13). The minimum atomic E-state index is -0.959. The first-order valence-electron chi connectivity index (χ1n) is 3.29. The van der Waals surface area contributed by atoms with Gasteiger partial charge in [0.2, 0.25) is 0 Å². The van der Waals surface area contributed by atoms with E-state index in [1.165, 1.54) is 6.19 Å². The zero-order chi connectivity index (χ0) is 9.84. The van der Waals surface area contributed by atoms with Gasteiger partial charge in [0.25, 0.3) is 5.91 Å². The molecule has 66 valence electrons. The van der Waals surface area contributed by atoms with Gasteiger partial charge in [0.1, 0.15) is 11.6 Å². The van der Waals surface area contributed by atoms with Crippen LogP contribution in [0.4, 0.5) is 8.78 Å². The highest BCUT2D eigenvalue weighted by molar-refractivity contribution is 5.95. The average molecular weight is 182 g/mol. The Morgan fingerprint density at radius 1 is 1.46 bits per heavy atom. The highest BCUT2D eigenvalue weighted by atomic mass is 19.1. The minimum Gasteiger partial charge on any atom is -0.268 e. The topological polar surface area (TPSA) is 52.9 Å². The third-order valence-corrected chi connectivity index (χ3v) is 1.34. The molecule has 1 amide bonds. The fraction of sp³-hybridized carbons (Fsp3) is 0. The van der Waals surface area contributed by atoms with E-state index in [1.807, 2.05) is 0 Å². The lowest BCUT2D eigenvalue weighted by Gasteiger charge is -1.98. The van der Waals surface area contributed by atoms with E-state index in [1.54, 1.807) is 5.32 Å². The Balaban J connectivity index is 3.07. The molecular weight excluding hydrogens is 178 g/mol. The molecule has 0 spiro atoms. The second-order valence-electron chi connectivity index (χ2n) is 2.19. The van der Waals surface area contributed by atoms with Crippen LogP contribution in [0.1, 0.15) is 10.4 Å². The van der Waals surface area contributed by atoms with Gasteiger partial charge in [-0.3, -0.25) is 10.1 Å². The number of nitriles is 1. The fourth-order valence-electron chi connectivity index (χ4n) is 0.790. The Labute approximate surface area is 72.6 Å². The molecule has 3 nitrogen and oxygen atoms in total. The molecule has 1 aromatic rings. The van der Waals surface area contributed by atoms with E-state index < -0.39 is 23.1 Å². The molecule has 13 heavy (non-hydrogen) atoms. The van der Waals surface area contributed by atoms with Crippen molar-refractivity contribution in [3.05, 3.63) is 35.4 Å². The van der Waals surface area contributed by atoms with E-state index >= 15 is 0 Å². The number of carbonyl (C=O) groups is 1. The summed E-state index contributed by atoms with van der Waals surface area (Å²) in [4.78, 5) is 10.9. The summed E-state index contributed by atoms with van der Waals surface area (Å²) in [5, 5.41) is 9.75. The Morgan fingerprint density at radius 3 is 2.77 bits per heavy atom. The summed E-state index contributed by atoms with van der Waals surface area (Å²) in [5.74, 6) is -2.56. The van der Waals surface area contributed by atoms with Crippen LogP contribution in [-0.4, -0.2) is 5.91 Å². The van der Waals surface area contributed by atoms with Crippen LogP contribution in [0, 0.1) is 23.1 Å². The number of hydrogen-bond acceptors (Lipinski definition) is 2. The highest BCUT2D eigenvalue weighted by Crippen LogP contribution is 2.08. The van der Waals surface area contributed by atoms with Crippen molar-refractivity contribution in [3.8, 4) is 6.19 Å². The van der Waals surface area contributed by atoms with Crippen molar-refractivity contribution >= 4 is 5.91 Å². The molecule has 0 aliphatic carbocycles. The summed E-state index contributed by atoms with van der Waals surface area (Å²) in [6.45, 7) is 0. The molecule has 0 aliphatic heterocycles. The number of amides is 1. The molecule has 0 bridgehead atoms. The highest BCUT2D eigenvalue weighted by Gasteiger charge is 2.11. The molecule has 0 atom stereocenters. The summed E-state index contributed by atoms with van der Waals surface area (Å²) in [6.07, 6.45) is 1.32. The van der Waals surface area contributed by atoms with Crippen LogP contribution in [-0.2, 0) is 0 Å². The summed E-state index contributed by atoms with van der Waals surface area (Å²) >= 11 is 0. The van der Waals surface area contributed by atoms with Crippen molar-refractivity contribution in [2.24, 2.45) is 0 Å². The molecule has 1 N–H and O–H groups in total. The first-order valence-corrected chi connectivity index (χ1v) is 3.29. The zero-order valence-corrected chi connectivity index (χ0v) is 6.34. The van der Waals surface area contributed by atoms with Gasteiger partial charge < -0.3 is 0 Å². The van der Waals surface area contributed by atoms with E-state index in [2.05, 4.69) is 0 Å². The van der Waals surface area contributed by atoms with Crippen LogP contribution < -0.4 is 5.32 Å². The van der Waals surface area contributed by atoms with Gasteiger partial charge >= 0.3 is 0 Å². The Kier molecular flexibility index (Phi) is 2.55. The summed E-state index contributed by atoms with van der Waals surface area (Å²) in [7, 11) is 0. The van der Waals surface area contributed by atoms with Crippen LogP contribution >= 0.6 is 0 Å². The Hall–Kier alpha value is -1.96. The SMILES string of the molecule is N#CNC(=O)c1cc(F)ccc1F. The molecule has 0 saturated carbocycles. The van der Waals surface area contributed by atoms with Crippen molar-refractivity contribution in [1.82, 2.24) is 5.32 Å². The van der Waals surface area contributed by atoms with Gasteiger partial charge in [-0.2, -0.15) is 5.26 Å². The van der Waals surface area contributed by atoms with E-state index in [9.17, 15) is 13.6 Å². The lowest BCUT2D eigenvalue weighted by molar-refractivity contribution is 0.0968. The molecule has 0 aromatic heterocycles. The fourth-order valence-corrected chi connectivity index (χ4v) is 0.790. The third kappa shape index (κ3) is 1.99. The molecular formula is C8H4F2N2O. The van der Waals surface area contributed by atoms with Crippen LogP contribution in [0.3, 0.4) is 0 Å². The van der Waals surface area contributed by atoms with Gasteiger partial charge in [0.15, 0.2) is 6.19 Å². The van der Waals surface area contributed by atoms with Gasteiger partial charge in [0.05, 0.1) is 5.56 Å². The van der Waals surface area contributed by atoms with Gasteiger partial charge in [-0.25, -0.2) is 8.78 Å². The Morgan fingerprint density at radius 2 is 2.15 bits per heavy atom. The maximum absolute atomic E-state index is 12.8. The summed E-state index contributed by atoms with van der Waals surface area (Å²) in [6, 6.07) is 2.43. The first-order chi connectivity index (χ1) is 6.15. The predicted octanol–water partition coefficient (Wildman–Crippen LogP) is 1.18. The first kappa shape index (κ1) is 9.13. The average Bonchev–Trinajstić information content (AvgIpc) is 2.09. The quantitative estimate of drug-likeness (QED) is 0.523. The number of benzene rings is 1. The smallest absolute Gasteiger partial charge is 0.267 e. The second-order valence-corrected chi connectivity index (χ2v) is 2.19. The molecule has 1 rings (SSSR count). The largest absolute Gasteiger partial charge is 0.268 e. The van der Waals surface area contributed by atoms with Crippen molar-refractivity contribution in [1.29, 1.82) is 5.26 Å². The number of rotatable bonds is 1. The Bertz CT molecular complexity index is 384. The van der Waals surface area contributed by atoms with Gasteiger partial charge in [-0.1, -0.05) is 0 Å². The number of nitrogens with zero attached hydrogens (tertiary/aromatic N) is 1. The zero-order valence-electron chi connectivity index (χ0n) is 6.34. The van der Waals surface area contributed by atoms with E-state index in [0.29, 0.717) is 0 Å². The summed E-state index contributed by atoms with van der Waals surface area (Å²) < 4.78 is 25.3. The third-order valence-electron chi connectivity index (χ3n) is 1.34. The van der Waals surface area contributed by atoms with Crippen LogP contribution in [0.2, 0.25) is 0 Å². The normalized spacial score (nSPS) is 9.00. The maximum atomic E-state index is 12.8. The molecule has 0 unspecified atom stereocenters. The van der Waals surface area contributed by atoms with Crippen molar-refractivity contribution in [3.63, 3.8) is 0 Å². The van der Waals surface area contributed by atoms with E-state index in [0.717, 1.165) is 18.2 Å². The molecule has 0 heterocycles. The number of nitrogens with one attached hydrogen (secondary N) is 1. The molecule has 0 radical (unpaired) electrons. The van der Waals surface area contributed by atoms with Crippen LogP contribution in [0.5, 0.6) is 0 Å². The second kappa shape index (κ2) is 3.63. The number of carbonyl (C=O) groups excluding carboxylic acids is 1. The minimum absolute atomic E-state index is 0.485. The molecule has 0 aliphatic rings. The number of halogens is 2. The predicted molar refractivity (Wildman–Crippen MR) is 39.4 cm³/mol. The van der Waals surface area contributed by atoms with Crippen molar-refractivity contribution in [2.75, 3.05) is 0 Å². The van der Waals surface area contributed by atoms with E-state index in [-0.39, 0.29) is 0 Å².